The Morgan fingerprint density at radius 1 is 0.810 bits per heavy atom. The molecule has 0 bridgehead atoms. The Hall–Kier alpha value is 1.02. The van der Waals surface area contributed by atoms with Gasteiger partial charge in [-0.3, -0.25) is 0 Å². The molecule has 0 aliphatic heterocycles. The van der Waals surface area contributed by atoms with Crippen LogP contribution in [0, 0.1) is 0 Å². The van der Waals surface area contributed by atoms with Crippen molar-refractivity contribution in [3.05, 3.63) is 0 Å². The van der Waals surface area contributed by atoms with Gasteiger partial charge in [-0.1, -0.05) is 11.4 Å². The third kappa shape index (κ3) is 9.03. The summed E-state index contributed by atoms with van der Waals surface area (Å²) in [4.78, 5) is 0. The van der Waals surface area contributed by atoms with Gasteiger partial charge in [0.15, 0.2) is 0 Å². The van der Waals surface area contributed by atoms with Gasteiger partial charge in [0, 0.05) is 31.6 Å². The van der Waals surface area contributed by atoms with Crippen molar-refractivity contribution >= 4 is 37.7 Å². The standard InChI is InChI=1S/C12H29O5PS2Si/c1-6-13-18(19,14-7-2)20-11-12-21(15-8-3,16-9-4)17-10-5/h6-12H2,1-5H3. The summed E-state index contributed by atoms with van der Waals surface area (Å²) in [6, 6.07) is 0.714. The number of hydrogen-bond acceptors (Lipinski definition) is 7. The first-order valence-corrected chi connectivity index (χ1v) is 13.6. The minimum Gasteiger partial charge on any atom is -0.374 e. The molecule has 0 fully saturated rings. The first kappa shape index (κ1) is 22.0. The van der Waals surface area contributed by atoms with Crippen LogP contribution in [0.4, 0.5) is 0 Å². The van der Waals surface area contributed by atoms with Gasteiger partial charge in [0.25, 0.3) is 0 Å². The quantitative estimate of drug-likeness (QED) is 0.334. The second-order valence-electron chi connectivity index (χ2n) is 3.85. The average Bonchev–Trinajstić information content (AvgIpc) is 2.40. The third-order valence-electron chi connectivity index (χ3n) is 2.32. The van der Waals surface area contributed by atoms with Gasteiger partial charge in [-0.25, -0.2) is 0 Å². The van der Waals surface area contributed by atoms with E-state index >= 15 is 0 Å². The van der Waals surface area contributed by atoms with Crippen molar-refractivity contribution in [2.75, 3.05) is 38.8 Å². The molecule has 0 aliphatic rings. The molecular weight excluding hydrogens is 347 g/mol. The van der Waals surface area contributed by atoms with E-state index < -0.39 is 14.5 Å². The van der Waals surface area contributed by atoms with Crippen LogP contribution < -0.4 is 0 Å². The smallest absolute Gasteiger partial charge is 0.374 e. The predicted octanol–water partition coefficient (Wildman–Crippen LogP) is 4.07. The van der Waals surface area contributed by atoms with Gasteiger partial charge in [0.2, 0.25) is 5.69 Å². The van der Waals surface area contributed by atoms with Crippen LogP contribution in [-0.4, -0.2) is 47.6 Å². The summed E-state index contributed by atoms with van der Waals surface area (Å²) < 4.78 is 28.7. The average molecular weight is 377 g/mol. The Morgan fingerprint density at radius 3 is 1.57 bits per heavy atom. The lowest BCUT2D eigenvalue weighted by Gasteiger charge is -2.29. The first-order valence-electron chi connectivity index (χ1n) is 7.46. The Labute approximate surface area is 139 Å². The molecule has 0 heterocycles. The molecule has 0 aromatic rings. The van der Waals surface area contributed by atoms with Crippen molar-refractivity contribution in [3.63, 3.8) is 0 Å². The van der Waals surface area contributed by atoms with E-state index in [1.54, 1.807) is 11.4 Å². The van der Waals surface area contributed by atoms with Crippen LogP contribution in [0.2, 0.25) is 6.04 Å². The largest absolute Gasteiger partial charge is 0.501 e. The molecule has 0 radical (unpaired) electrons. The van der Waals surface area contributed by atoms with Crippen LogP contribution in [0.3, 0.4) is 0 Å². The second kappa shape index (κ2) is 12.4. The van der Waals surface area contributed by atoms with Gasteiger partial charge >= 0.3 is 8.80 Å². The van der Waals surface area contributed by atoms with Gasteiger partial charge in [-0.2, -0.15) is 0 Å². The monoisotopic (exact) mass is 376 g/mol. The lowest BCUT2D eigenvalue weighted by molar-refractivity contribution is 0.0729. The normalized spacial score (nSPS) is 12.8. The molecule has 0 amide bonds. The maximum absolute atomic E-state index is 5.82. The zero-order valence-corrected chi connectivity index (χ0v) is 17.3. The highest BCUT2D eigenvalue weighted by Gasteiger charge is 2.40. The molecule has 0 aromatic heterocycles. The molecule has 0 spiro atoms. The lowest BCUT2D eigenvalue weighted by atomic mass is 10.9. The van der Waals surface area contributed by atoms with E-state index in [9.17, 15) is 0 Å². The van der Waals surface area contributed by atoms with E-state index in [1.807, 2.05) is 34.6 Å². The summed E-state index contributed by atoms with van der Waals surface area (Å²) in [6.07, 6.45) is 0. The highest BCUT2D eigenvalue weighted by Crippen LogP contribution is 2.61. The maximum Gasteiger partial charge on any atom is 0.501 e. The molecule has 0 rings (SSSR count). The SMILES string of the molecule is CCO[Si](CCSP(=S)(OCC)OCC)(OCC)OCC. The predicted molar refractivity (Wildman–Crippen MR) is 95.4 cm³/mol. The minimum atomic E-state index is -2.60. The van der Waals surface area contributed by atoms with Crippen LogP contribution in [0.25, 0.3) is 0 Å². The Morgan fingerprint density at radius 2 is 1.24 bits per heavy atom. The van der Waals surface area contributed by atoms with Gasteiger partial charge in [-0.05, 0) is 46.4 Å². The van der Waals surface area contributed by atoms with Crippen molar-refractivity contribution in [3.8, 4) is 0 Å². The Kier molecular flexibility index (Phi) is 13.0. The van der Waals surface area contributed by atoms with E-state index in [0.29, 0.717) is 39.1 Å². The van der Waals surface area contributed by atoms with Crippen LogP contribution in [-0.2, 0) is 34.1 Å². The molecule has 128 valence electrons. The molecule has 0 saturated heterocycles. The zero-order valence-electron chi connectivity index (χ0n) is 13.8. The molecule has 0 unspecified atom stereocenters. The highest BCUT2D eigenvalue weighted by molar-refractivity contribution is 8.67. The van der Waals surface area contributed by atoms with Gasteiger partial charge in [-0.15, -0.1) is 0 Å². The molecule has 5 nitrogen and oxygen atoms in total. The maximum atomic E-state index is 5.82. The number of hydrogen-bond donors (Lipinski definition) is 0. The second-order valence-corrected chi connectivity index (χ2v) is 13.0. The summed E-state index contributed by atoms with van der Waals surface area (Å²) in [5.41, 5.74) is -2.26. The van der Waals surface area contributed by atoms with Gasteiger partial charge < -0.3 is 22.3 Å². The Balaban J connectivity index is 4.61. The molecule has 0 aromatic carbocycles. The molecule has 0 aliphatic carbocycles. The Bertz CT molecular complexity index is 282. The first-order chi connectivity index (χ1) is 10.0. The topological polar surface area (TPSA) is 46.2 Å². The van der Waals surface area contributed by atoms with E-state index in [1.165, 1.54) is 0 Å². The molecule has 0 atom stereocenters. The molecular formula is C12H29O5PS2Si. The van der Waals surface area contributed by atoms with Crippen molar-refractivity contribution in [1.82, 2.24) is 0 Å². The fourth-order valence-corrected chi connectivity index (χ4v) is 10.0. The van der Waals surface area contributed by atoms with E-state index in [4.69, 9.17) is 34.1 Å². The van der Waals surface area contributed by atoms with Gasteiger partial charge in [0.1, 0.15) is 0 Å². The minimum absolute atomic E-state index is 0.565. The van der Waals surface area contributed by atoms with Crippen molar-refractivity contribution in [2.24, 2.45) is 0 Å². The molecule has 9 heteroatoms. The number of rotatable bonds is 14. The lowest BCUT2D eigenvalue weighted by Crippen LogP contribution is -2.46. The van der Waals surface area contributed by atoms with Crippen LogP contribution in [0.1, 0.15) is 34.6 Å². The van der Waals surface area contributed by atoms with Crippen molar-refractivity contribution in [2.45, 2.75) is 40.7 Å². The summed E-state index contributed by atoms with van der Waals surface area (Å²) >= 11 is 7.06. The fraction of sp³-hybridized carbons (Fsp3) is 1.00. The van der Waals surface area contributed by atoms with Crippen LogP contribution in [0.5, 0.6) is 0 Å². The fourth-order valence-electron chi connectivity index (χ4n) is 1.71. The van der Waals surface area contributed by atoms with E-state index in [2.05, 4.69) is 0 Å². The van der Waals surface area contributed by atoms with Gasteiger partial charge in [0.05, 0.1) is 13.2 Å². The van der Waals surface area contributed by atoms with Crippen molar-refractivity contribution < 1.29 is 22.3 Å². The highest BCUT2D eigenvalue weighted by atomic mass is 32.9. The zero-order chi connectivity index (χ0) is 16.2. The van der Waals surface area contributed by atoms with E-state index in [-0.39, 0.29) is 0 Å². The summed E-state index contributed by atoms with van der Waals surface area (Å²) in [7, 11) is -2.60. The molecule has 21 heavy (non-hydrogen) atoms. The molecule has 0 N–H and O–H groups in total. The van der Waals surface area contributed by atoms with Crippen molar-refractivity contribution in [1.29, 1.82) is 0 Å². The third-order valence-corrected chi connectivity index (χ3v) is 11.3. The van der Waals surface area contributed by atoms with Crippen LogP contribution >= 0.6 is 17.1 Å². The van der Waals surface area contributed by atoms with E-state index in [0.717, 1.165) is 5.75 Å². The summed E-state index contributed by atoms with van der Waals surface area (Å²) in [6.45, 7) is 12.6. The summed E-state index contributed by atoms with van der Waals surface area (Å²) in [5.74, 6) is 0.753. The van der Waals surface area contributed by atoms with Crippen LogP contribution in [0.15, 0.2) is 0 Å². The summed E-state index contributed by atoms with van der Waals surface area (Å²) in [5, 5.41) is 0. The molecule has 0 saturated carbocycles.